The number of piperidine rings is 1. The van der Waals surface area contributed by atoms with Crippen molar-refractivity contribution < 1.29 is 4.79 Å². The molecule has 0 aromatic heterocycles. The zero-order valence-electron chi connectivity index (χ0n) is 11.3. The maximum Gasteiger partial charge on any atom is 0.237 e. The lowest BCUT2D eigenvalue weighted by Gasteiger charge is -2.24. The Balaban J connectivity index is 1.49. The summed E-state index contributed by atoms with van der Waals surface area (Å²) in [4.78, 5) is 14.7. The monoisotopic (exact) mass is 251 g/mol. The van der Waals surface area contributed by atoms with E-state index >= 15 is 0 Å². The van der Waals surface area contributed by atoms with Crippen molar-refractivity contribution in [3.63, 3.8) is 0 Å². The summed E-state index contributed by atoms with van der Waals surface area (Å²) in [5, 5.41) is 6.57. The molecule has 3 atom stereocenters. The number of carbonyl (C=O) groups excluding carboxylic acids is 1. The van der Waals surface area contributed by atoms with Crippen LogP contribution in [0.2, 0.25) is 0 Å². The molecule has 1 aliphatic carbocycles. The number of nitrogens with zero attached hydrogens (tertiary/aromatic N) is 1. The molecule has 4 heteroatoms. The summed E-state index contributed by atoms with van der Waals surface area (Å²) in [5.74, 6) is 0.226. The fraction of sp³-hybridized carbons (Fsp3) is 0.929. The molecule has 2 saturated heterocycles. The Labute approximate surface area is 109 Å². The summed E-state index contributed by atoms with van der Waals surface area (Å²) in [6.45, 7) is 4.35. The number of amides is 1. The van der Waals surface area contributed by atoms with Gasteiger partial charge in [0.15, 0.2) is 0 Å². The van der Waals surface area contributed by atoms with Gasteiger partial charge in [-0.15, -0.1) is 0 Å². The van der Waals surface area contributed by atoms with E-state index in [-0.39, 0.29) is 11.9 Å². The van der Waals surface area contributed by atoms with Crippen molar-refractivity contribution in [3.8, 4) is 0 Å². The highest BCUT2D eigenvalue weighted by Gasteiger charge is 2.39. The van der Waals surface area contributed by atoms with Gasteiger partial charge in [0.25, 0.3) is 0 Å². The molecule has 0 aromatic carbocycles. The highest BCUT2D eigenvalue weighted by atomic mass is 16.2. The van der Waals surface area contributed by atoms with Crippen LogP contribution < -0.4 is 10.6 Å². The van der Waals surface area contributed by atoms with Crippen molar-refractivity contribution in [1.82, 2.24) is 15.5 Å². The second-order valence-electron chi connectivity index (χ2n) is 6.22. The van der Waals surface area contributed by atoms with Crippen LogP contribution in [0.4, 0.5) is 0 Å². The molecule has 2 unspecified atom stereocenters. The first kappa shape index (κ1) is 12.4. The third kappa shape index (κ3) is 2.69. The molecule has 3 rings (SSSR count). The summed E-state index contributed by atoms with van der Waals surface area (Å²) < 4.78 is 0. The van der Waals surface area contributed by atoms with Crippen LogP contribution in [0, 0.1) is 0 Å². The summed E-state index contributed by atoms with van der Waals surface area (Å²) in [6.07, 6.45) is 7.22. The minimum atomic E-state index is 0.0593. The van der Waals surface area contributed by atoms with Crippen molar-refractivity contribution in [1.29, 1.82) is 0 Å². The van der Waals surface area contributed by atoms with Gasteiger partial charge in [0, 0.05) is 24.7 Å². The van der Waals surface area contributed by atoms with Crippen LogP contribution in [-0.4, -0.2) is 48.1 Å². The quantitative estimate of drug-likeness (QED) is 0.782. The molecule has 102 valence electrons. The van der Waals surface area contributed by atoms with Crippen LogP contribution in [0.1, 0.15) is 45.4 Å². The van der Waals surface area contributed by atoms with Gasteiger partial charge >= 0.3 is 0 Å². The highest BCUT2D eigenvalue weighted by Crippen LogP contribution is 2.33. The first-order valence-electron chi connectivity index (χ1n) is 7.53. The van der Waals surface area contributed by atoms with Crippen LogP contribution in [0.3, 0.4) is 0 Å². The number of likely N-dealkylation sites (tertiary alicyclic amines) is 1. The Morgan fingerprint density at radius 1 is 1.28 bits per heavy atom. The smallest absolute Gasteiger partial charge is 0.237 e. The lowest BCUT2D eigenvalue weighted by molar-refractivity contribution is -0.124. The summed E-state index contributed by atoms with van der Waals surface area (Å²) in [7, 11) is 0. The minimum absolute atomic E-state index is 0.0593. The molecule has 1 amide bonds. The largest absolute Gasteiger partial charge is 0.351 e. The van der Waals surface area contributed by atoms with Gasteiger partial charge in [0.05, 0.1) is 6.04 Å². The Hall–Kier alpha value is -0.610. The number of carbonyl (C=O) groups is 1. The van der Waals surface area contributed by atoms with Gasteiger partial charge in [0.2, 0.25) is 5.91 Å². The van der Waals surface area contributed by atoms with E-state index in [2.05, 4.69) is 22.5 Å². The second kappa shape index (κ2) is 5.17. The highest BCUT2D eigenvalue weighted by molar-refractivity contribution is 5.82. The van der Waals surface area contributed by atoms with Gasteiger partial charge in [-0.25, -0.2) is 0 Å². The van der Waals surface area contributed by atoms with Crippen molar-refractivity contribution >= 4 is 5.91 Å². The SMILES string of the molecule is CC1CC(NC(=O)[C@H]2CCCCN2)CN1C1CC1. The lowest BCUT2D eigenvalue weighted by atomic mass is 10.0. The molecule has 1 saturated carbocycles. The molecule has 2 heterocycles. The van der Waals surface area contributed by atoms with E-state index in [9.17, 15) is 4.79 Å². The van der Waals surface area contributed by atoms with Crippen LogP contribution in [0.25, 0.3) is 0 Å². The Morgan fingerprint density at radius 2 is 2.11 bits per heavy atom. The second-order valence-corrected chi connectivity index (χ2v) is 6.22. The first-order chi connectivity index (χ1) is 8.74. The number of nitrogens with one attached hydrogen (secondary N) is 2. The molecular formula is C14H25N3O. The van der Waals surface area contributed by atoms with Crippen molar-refractivity contribution in [2.45, 2.75) is 69.6 Å². The standard InChI is InChI=1S/C14H25N3O/c1-10-8-11(9-17(10)12-5-6-12)16-14(18)13-4-2-3-7-15-13/h10-13,15H,2-9H2,1H3,(H,16,18)/t10?,11?,13-/m1/s1. The Morgan fingerprint density at radius 3 is 2.78 bits per heavy atom. The molecule has 4 nitrogen and oxygen atoms in total. The predicted molar refractivity (Wildman–Crippen MR) is 71.4 cm³/mol. The van der Waals surface area contributed by atoms with Gasteiger partial charge in [-0.05, 0) is 45.6 Å². The van der Waals surface area contributed by atoms with Gasteiger partial charge in [0.1, 0.15) is 0 Å². The molecule has 0 aromatic rings. The zero-order valence-corrected chi connectivity index (χ0v) is 11.3. The molecule has 0 bridgehead atoms. The minimum Gasteiger partial charge on any atom is -0.351 e. The van der Waals surface area contributed by atoms with E-state index in [4.69, 9.17) is 0 Å². The van der Waals surface area contributed by atoms with Crippen LogP contribution in [-0.2, 0) is 4.79 Å². The maximum atomic E-state index is 12.2. The fourth-order valence-electron chi connectivity index (χ4n) is 3.45. The topological polar surface area (TPSA) is 44.4 Å². The molecule has 3 aliphatic rings. The number of hydrogen-bond donors (Lipinski definition) is 2. The third-order valence-electron chi connectivity index (χ3n) is 4.61. The average molecular weight is 251 g/mol. The molecule has 0 spiro atoms. The van der Waals surface area contributed by atoms with Crippen molar-refractivity contribution in [3.05, 3.63) is 0 Å². The third-order valence-corrected chi connectivity index (χ3v) is 4.61. The van der Waals surface area contributed by atoms with Gasteiger partial charge in [-0.1, -0.05) is 6.42 Å². The van der Waals surface area contributed by atoms with Crippen LogP contribution >= 0.6 is 0 Å². The normalized spacial score (nSPS) is 37.7. The maximum absolute atomic E-state index is 12.2. The molecule has 3 fully saturated rings. The van der Waals surface area contributed by atoms with Gasteiger partial charge in [-0.2, -0.15) is 0 Å². The van der Waals surface area contributed by atoms with Crippen LogP contribution in [0.15, 0.2) is 0 Å². The molecule has 18 heavy (non-hydrogen) atoms. The summed E-state index contributed by atoms with van der Waals surface area (Å²) in [6, 6.07) is 1.89. The van der Waals surface area contributed by atoms with Gasteiger partial charge in [-0.3, -0.25) is 9.69 Å². The molecule has 2 N–H and O–H groups in total. The fourth-order valence-corrected chi connectivity index (χ4v) is 3.45. The summed E-state index contributed by atoms with van der Waals surface area (Å²) in [5.41, 5.74) is 0. The Kier molecular flexibility index (Phi) is 3.57. The average Bonchev–Trinajstić information content (AvgIpc) is 3.15. The van der Waals surface area contributed by atoms with Crippen molar-refractivity contribution in [2.24, 2.45) is 0 Å². The zero-order chi connectivity index (χ0) is 12.5. The molecular weight excluding hydrogens is 226 g/mol. The van der Waals surface area contributed by atoms with E-state index in [1.165, 1.54) is 25.7 Å². The van der Waals surface area contributed by atoms with E-state index in [0.29, 0.717) is 12.1 Å². The van der Waals surface area contributed by atoms with Crippen LogP contribution in [0.5, 0.6) is 0 Å². The molecule has 0 radical (unpaired) electrons. The van der Waals surface area contributed by atoms with E-state index in [1.54, 1.807) is 0 Å². The first-order valence-corrected chi connectivity index (χ1v) is 7.53. The molecule has 2 aliphatic heterocycles. The van der Waals surface area contributed by atoms with E-state index in [1.807, 2.05) is 0 Å². The van der Waals surface area contributed by atoms with Crippen molar-refractivity contribution in [2.75, 3.05) is 13.1 Å². The van der Waals surface area contributed by atoms with E-state index < -0.39 is 0 Å². The number of hydrogen-bond acceptors (Lipinski definition) is 3. The lowest BCUT2D eigenvalue weighted by Crippen LogP contribution is -2.50. The van der Waals surface area contributed by atoms with E-state index in [0.717, 1.165) is 32.0 Å². The Bertz CT molecular complexity index is 310. The van der Waals surface area contributed by atoms with Gasteiger partial charge < -0.3 is 10.6 Å². The predicted octanol–water partition coefficient (Wildman–Crippen LogP) is 0.870. The number of rotatable bonds is 3. The summed E-state index contributed by atoms with van der Waals surface area (Å²) >= 11 is 0.